The van der Waals surface area contributed by atoms with E-state index < -0.39 is 11.6 Å². The first-order valence-electron chi connectivity index (χ1n) is 5.57. The zero-order chi connectivity index (χ0) is 13.8. The highest BCUT2D eigenvalue weighted by molar-refractivity contribution is 5.95. The minimum Gasteiger partial charge on any atom is -0.486 e. The van der Waals surface area contributed by atoms with Gasteiger partial charge in [-0.25, -0.2) is 8.78 Å². The molecule has 2 rings (SSSR count). The zero-order valence-electron chi connectivity index (χ0n) is 9.99. The van der Waals surface area contributed by atoms with Gasteiger partial charge in [0.15, 0.2) is 11.6 Å². The maximum atomic E-state index is 13.3. The lowest BCUT2D eigenvalue weighted by molar-refractivity contribution is 0.290. The number of amidine groups is 1. The van der Waals surface area contributed by atoms with E-state index in [4.69, 9.17) is 15.9 Å². The Morgan fingerprint density at radius 1 is 1.16 bits per heavy atom. The summed E-state index contributed by atoms with van der Waals surface area (Å²) in [4.78, 5) is 0. The Morgan fingerprint density at radius 3 is 2.58 bits per heavy atom. The summed E-state index contributed by atoms with van der Waals surface area (Å²) in [6.07, 6.45) is 0. The van der Waals surface area contributed by atoms with Crippen molar-refractivity contribution in [2.24, 2.45) is 5.73 Å². The third kappa shape index (κ3) is 3.28. The first-order chi connectivity index (χ1) is 9.06. The highest BCUT2D eigenvalue weighted by Crippen LogP contribution is 2.18. The lowest BCUT2D eigenvalue weighted by atomic mass is 10.1. The molecular weight excluding hydrogens is 250 g/mol. The van der Waals surface area contributed by atoms with Crippen molar-refractivity contribution in [3.8, 4) is 5.75 Å². The van der Waals surface area contributed by atoms with Crippen molar-refractivity contribution in [1.29, 1.82) is 5.41 Å². The fraction of sp³-hybridized carbons (Fsp3) is 0.0714. The molecule has 3 nitrogen and oxygen atoms in total. The summed E-state index contributed by atoms with van der Waals surface area (Å²) in [5.41, 5.74) is 6.05. The number of ether oxygens (including phenoxy) is 1. The van der Waals surface area contributed by atoms with Crippen molar-refractivity contribution in [2.45, 2.75) is 6.61 Å². The summed E-state index contributed by atoms with van der Waals surface area (Å²) in [5.74, 6) is -1.13. The van der Waals surface area contributed by atoms with Gasteiger partial charge >= 0.3 is 0 Å². The van der Waals surface area contributed by atoms with E-state index in [1.807, 2.05) is 0 Å². The smallest absolute Gasteiger partial charge is 0.165 e. The van der Waals surface area contributed by atoms with Gasteiger partial charge in [-0.3, -0.25) is 5.41 Å². The highest BCUT2D eigenvalue weighted by Gasteiger charge is 2.06. The van der Waals surface area contributed by atoms with Crippen molar-refractivity contribution in [2.75, 3.05) is 0 Å². The van der Waals surface area contributed by atoms with Gasteiger partial charge in [0, 0.05) is 5.56 Å². The minimum atomic E-state index is -0.514. The van der Waals surface area contributed by atoms with E-state index in [0.29, 0.717) is 5.56 Å². The number of para-hydroxylation sites is 1. The SMILES string of the molecule is N=C(N)c1cc(F)cc(COc2ccccc2F)c1. The summed E-state index contributed by atoms with van der Waals surface area (Å²) in [7, 11) is 0. The molecule has 2 aromatic carbocycles. The van der Waals surface area contributed by atoms with E-state index in [9.17, 15) is 8.78 Å². The molecule has 0 saturated heterocycles. The number of nitrogens with two attached hydrogens (primary N) is 1. The third-order valence-corrected chi connectivity index (χ3v) is 2.50. The summed E-state index contributed by atoms with van der Waals surface area (Å²) < 4.78 is 31.9. The fourth-order valence-electron chi connectivity index (χ4n) is 1.61. The standard InChI is InChI=1S/C14H12F2N2O/c15-11-6-9(5-10(7-11)14(17)18)8-19-13-4-2-1-3-12(13)16/h1-7H,8H2,(H3,17,18). The molecule has 5 heteroatoms. The molecule has 2 aromatic rings. The molecule has 0 atom stereocenters. The molecule has 0 aliphatic carbocycles. The van der Waals surface area contributed by atoms with E-state index in [0.717, 1.165) is 6.07 Å². The van der Waals surface area contributed by atoms with Crippen molar-refractivity contribution in [1.82, 2.24) is 0 Å². The van der Waals surface area contributed by atoms with Crippen LogP contribution in [0.4, 0.5) is 8.78 Å². The topological polar surface area (TPSA) is 59.1 Å². The van der Waals surface area contributed by atoms with Gasteiger partial charge in [0.2, 0.25) is 0 Å². The largest absolute Gasteiger partial charge is 0.486 e. The molecule has 19 heavy (non-hydrogen) atoms. The van der Waals surface area contributed by atoms with Gasteiger partial charge in [0.25, 0.3) is 0 Å². The van der Waals surface area contributed by atoms with Crippen LogP contribution in [0.5, 0.6) is 5.75 Å². The molecule has 98 valence electrons. The first kappa shape index (κ1) is 13.0. The first-order valence-corrected chi connectivity index (χ1v) is 5.57. The Bertz CT molecular complexity index is 614. The van der Waals surface area contributed by atoms with Gasteiger partial charge in [-0.05, 0) is 35.9 Å². The molecular formula is C14H12F2N2O. The van der Waals surface area contributed by atoms with Crippen molar-refractivity contribution in [3.05, 3.63) is 65.2 Å². The normalized spacial score (nSPS) is 10.2. The molecule has 0 aromatic heterocycles. The third-order valence-electron chi connectivity index (χ3n) is 2.50. The van der Waals surface area contributed by atoms with E-state index in [2.05, 4.69) is 0 Å². The van der Waals surface area contributed by atoms with E-state index in [-0.39, 0.29) is 23.8 Å². The maximum Gasteiger partial charge on any atom is 0.165 e. The molecule has 0 unspecified atom stereocenters. The predicted molar refractivity (Wildman–Crippen MR) is 68.1 cm³/mol. The van der Waals surface area contributed by atoms with E-state index in [1.165, 1.54) is 24.3 Å². The average molecular weight is 262 g/mol. The monoisotopic (exact) mass is 262 g/mol. The average Bonchev–Trinajstić information content (AvgIpc) is 2.37. The summed E-state index contributed by atoms with van der Waals surface area (Å²) >= 11 is 0. The second kappa shape index (κ2) is 5.48. The van der Waals surface area contributed by atoms with Crippen LogP contribution in [0.1, 0.15) is 11.1 Å². The lowest BCUT2D eigenvalue weighted by Gasteiger charge is -2.08. The molecule has 0 amide bonds. The fourth-order valence-corrected chi connectivity index (χ4v) is 1.61. The second-order valence-electron chi connectivity index (χ2n) is 3.98. The number of nitrogens with one attached hydrogen (secondary N) is 1. The quantitative estimate of drug-likeness (QED) is 0.657. The number of rotatable bonds is 4. The van der Waals surface area contributed by atoms with Crippen LogP contribution in [-0.4, -0.2) is 5.84 Å². The number of nitrogen functional groups attached to an aromatic ring is 1. The second-order valence-corrected chi connectivity index (χ2v) is 3.98. The minimum absolute atomic E-state index is 0.00102. The van der Waals surface area contributed by atoms with E-state index >= 15 is 0 Å². The molecule has 0 aliphatic rings. The van der Waals surface area contributed by atoms with Crippen LogP contribution in [-0.2, 0) is 6.61 Å². The van der Waals surface area contributed by atoms with Gasteiger partial charge in [0.05, 0.1) is 0 Å². The van der Waals surface area contributed by atoms with Crippen LogP contribution in [0.25, 0.3) is 0 Å². The Hall–Kier alpha value is -2.43. The van der Waals surface area contributed by atoms with Gasteiger partial charge in [0.1, 0.15) is 18.3 Å². The van der Waals surface area contributed by atoms with Gasteiger partial charge in [-0.15, -0.1) is 0 Å². The lowest BCUT2D eigenvalue weighted by Crippen LogP contribution is -2.12. The number of benzene rings is 2. The van der Waals surface area contributed by atoms with Gasteiger partial charge in [-0.1, -0.05) is 12.1 Å². The van der Waals surface area contributed by atoms with Crippen LogP contribution >= 0.6 is 0 Å². The van der Waals surface area contributed by atoms with Crippen LogP contribution in [0.15, 0.2) is 42.5 Å². The Labute approximate surface area is 109 Å². The molecule has 0 aliphatic heterocycles. The number of hydrogen-bond donors (Lipinski definition) is 2. The predicted octanol–water partition coefficient (Wildman–Crippen LogP) is 2.83. The maximum absolute atomic E-state index is 13.3. The summed E-state index contributed by atoms with van der Waals surface area (Å²) in [6, 6.07) is 9.92. The van der Waals surface area contributed by atoms with Crippen LogP contribution in [0.2, 0.25) is 0 Å². The van der Waals surface area contributed by atoms with Gasteiger partial charge in [-0.2, -0.15) is 0 Å². The Balaban J connectivity index is 2.16. The Morgan fingerprint density at radius 2 is 1.89 bits per heavy atom. The summed E-state index contributed by atoms with van der Waals surface area (Å²) in [6.45, 7) is -0.00102. The molecule has 0 radical (unpaired) electrons. The zero-order valence-corrected chi connectivity index (χ0v) is 9.99. The van der Waals surface area contributed by atoms with Gasteiger partial charge < -0.3 is 10.5 Å². The van der Waals surface area contributed by atoms with Crippen molar-refractivity contribution in [3.63, 3.8) is 0 Å². The Kier molecular flexibility index (Phi) is 3.75. The number of halogens is 2. The van der Waals surface area contributed by atoms with Crippen molar-refractivity contribution < 1.29 is 13.5 Å². The molecule has 0 heterocycles. The molecule has 3 N–H and O–H groups in total. The van der Waals surface area contributed by atoms with E-state index in [1.54, 1.807) is 12.1 Å². The van der Waals surface area contributed by atoms with Crippen LogP contribution < -0.4 is 10.5 Å². The van der Waals surface area contributed by atoms with Crippen LogP contribution in [0.3, 0.4) is 0 Å². The molecule has 0 fully saturated rings. The molecule has 0 saturated carbocycles. The number of hydrogen-bond acceptors (Lipinski definition) is 2. The molecule has 0 spiro atoms. The van der Waals surface area contributed by atoms with Crippen LogP contribution in [0, 0.1) is 17.0 Å². The molecule has 0 bridgehead atoms. The summed E-state index contributed by atoms with van der Waals surface area (Å²) in [5, 5.41) is 7.27. The van der Waals surface area contributed by atoms with Crippen molar-refractivity contribution >= 4 is 5.84 Å². The highest BCUT2D eigenvalue weighted by atomic mass is 19.1.